The van der Waals surface area contributed by atoms with Crippen molar-refractivity contribution in [1.29, 1.82) is 0 Å². The van der Waals surface area contributed by atoms with Crippen LogP contribution in [0.2, 0.25) is 0 Å². The highest BCUT2D eigenvalue weighted by atomic mass is 32.2. The van der Waals surface area contributed by atoms with Crippen LogP contribution in [0.4, 0.5) is 5.69 Å². The van der Waals surface area contributed by atoms with E-state index in [1.54, 1.807) is 54.6 Å². The molecule has 0 bridgehead atoms. The van der Waals surface area contributed by atoms with E-state index in [2.05, 4.69) is 26.1 Å². The van der Waals surface area contributed by atoms with Gasteiger partial charge in [-0.05, 0) is 52.9 Å². The van der Waals surface area contributed by atoms with Gasteiger partial charge in [-0.1, -0.05) is 93.6 Å². The molecule has 39 heavy (non-hydrogen) atoms. The summed E-state index contributed by atoms with van der Waals surface area (Å²) < 4.78 is 34.7. The first-order valence-corrected chi connectivity index (χ1v) is 14.3. The number of hydrogen-bond donors (Lipinski definition) is 1. The first-order valence-electron chi connectivity index (χ1n) is 12.9. The topological polar surface area (TPSA) is 75.7 Å². The molecule has 4 aromatic rings. The van der Waals surface area contributed by atoms with Crippen molar-refractivity contribution in [2.75, 3.05) is 17.5 Å². The molecule has 0 radical (unpaired) electrons. The van der Waals surface area contributed by atoms with Crippen LogP contribution in [0.5, 0.6) is 5.75 Å². The minimum atomic E-state index is -3.96. The third-order valence-electron chi connectivity index (χ3n) is 6.29. The average molecular weight is 543 g/mol. The quantitative estimate of drug-likeness (QED) is 0.243. The molecule has 0 aliphatic rings. The van der Waals surface area contributed by atoms with E-state index < -0.39 is 10.0 Å². The molecular weight excluding hydrogens is 508 g/mol. The van der Waals surface area contributed by atoms with Gasteiger partial charge in [0.1, 0.15) is 12.4 Å². The number of benzene rings is 4. The number of hydrogen-bond acceptors (Lipinski definition) is 4. The van der Waals surface area contributed by atoms with E-state index in [0.717, 1.165) is 11.3 Å². The van der Waals surface area contributed by atoms with E-state index in [1.807, 2.05) is 54.6 Å². The van der Waals surface area contributed by atoms with Crippen molar-refractivity contribution < 1.29 is 17.9 Å². The Morgan fingerprint density at radius 3 is 2.03 bits per heavy atom. The molecular formula is C32H34N2O4S. The fraction of sp³-hybridized carbons (Fsp3) is 0.219. The van der Waals surface area contributed by atoms with Gasteiger partial charge in [-0.3, -0.25) is 9.10 Å². The van der Waals surface area contributed by atoms with Gasteiger partial charge in [0.25, 0.3) is 15.9 Å². The highest BCUT2D eigenvalue weighted by Crippen LogP contribution is 2.29. The Kier molecular flexibility index (Phi) is 8.72. The molecule has 0 aliphatic carbocycles. The van der Waals surface area contributed by atoms with Gasteiger partial charge >= 0.3 is 0 Å². The third-order valence-corrected chi connectivity index (χ3v) is 8.07. The van der Waals surface area contributed by atoms with E-state index in [4.69, 9.17) is 4.74 Å². The van der Waals surface area contributed by atoms with Gasteiger partial charge in [-0.25, -0.2) is 8.42 Å². The Labute approximate surface area is 231 Å². The third kappa shape index (κ3) is 7.06. The summed E-state index contributed by atoms with van der Waals surface area (Å²) in [4.78, 5) is 13.4. The number of carbonyl (C=O) groups is 1. The van der Waals surface area contributed by atoms with Crippen LogP contribution >= 0.6 is 0 Å². The maximum atomic E-state index is 13.8. The monoisotopic (exact) mass is 542 g/mol. The van der Waals surface area contributed by atoms with Crippen LogP contribution in [0.25, 0.3) is 0 Å². The van der Waals surface area contributed by atoms with Gasteiger partial charge in [0.05, 0.1) is 29.2 Å². The molecule has 7 heteroatoms. The largest absolute Gasteiger partial charge is 0.492 e. The summed E-state index contributed by atoms with van der Waals surface area (Å²) in [6, 6.07) is 32.2. The number of nitrogens with one attached hydrogen (secondary N) is 1. The van der Waals surface area contributed by atoms with E-state index in [1.165, 1.54) is 9.87 Å². The molecule has 0 unspecified atom stereocenters. The second-order valence-electron chi connectivity index (χ2n) is 10.2. The zero-order valence-electron chi connectivity index (χ0n) is 22.5. The van der Waals surface area contributed by atoms with Crippen molar-refractivity contribution in [2.24, 2.45) is 0 Å². The number of nitrogens with zero attached hydrogens (tertiary/aromatic N) is 1. The summed E-state index contributed by atoms with van der Waals surface area (Å²) in [5.41, 5.74) is 2.65. The fourth-order valence-electron chi connectivity index (χ4n) is 4.13. The summed E-state index contributed by atoms with van der Waals surface area (Å²) in [5.74, 6) is 0.347. The molecule has 4 rings (SSSR count). The lowest BCUT2D eigenvalue weighted by Gasteiger charge is -2.26. The van der Waals surface area contributed by atoms with E-state index in [9.17, 15) is 13.2 Å². The predicted molar refractivity (Wildman–Crippen MR) is 156 cm³/mol. The van der Waals surface area contributed by atoms with Gasteiger partial charge in [0, 0.05) is 0 Å². The average Bonchev–Trinajstić information content (AvgIpc) is 2.94. The Morgan fingerprint density at radius 1 is 0.795 bits per heavy atom. The van der Waals surface area contributed by atoms with Crippen molar-refractivity contribution in [3.05, 3.63) is 126 Å². The van der Waals surface area contributed by atoms with E-state index >= 15 is 0 Å². The van der Waals surface area contributed by atoms with Gasteiger partial charge in [-0.2, -0.15) is 0 Å². The second kappa shape index (κ2) is 12.2. The summed E-state index contributed by atoms with van der Waals surface area (Å²) in [6.07, 6.45) is 0. The maximum Gasteiger partial charge on any atom is 0.264 e. The highest BCUT2D eigenvalue weighted by Gasteiger charge is 2.28. The van der Waals surface area contributed by atoms with Crippen LogP contribution < -0.4 is 14.4 Å². The predicted octanol–water partition coefficient (Wildman–Crippen LogP) is 6.19. The Hall–Kier alpha value is -4.10. The molecule has 0 saturated heterocycles. The first-order chi connectivity index (χ1) is 18.7. The molecule has 0 heterocycles. The van der Waals surface area contributed by atoms with Crippen LogP contribution in [0, 0.1) is 0 Å². The first kappa shape index (κ1) is 27.9. The van der Waals surface area contributed by atoms with Gasteiger partial charge in [0.15, 0.2) is 0 Å². The standard InChI is InChI=1S/C32H34N2O4S/c1-32(2,3)26-18-20-27(21-19-26)38-23-22-33-31(35)29-16-10-11-17-30(29)34(24-25-12-6-4-7-13-25)39(36,37)28-14-8-5-9-15-28/h4-21H,22-24H2,1-3H3,(H,33,35). The molecule has 0 saturated carbocycles. The van der Waals surface area contributed by atoms with Gasteiger partial charge in [0.2, 0.25) is 0 Å². The Balaban J connectivity index is 1.52. The minimum Gasteiger partial charge on any atom is -0.492 e. The molecule has 202 valence electrons. The number of anilines is 1. The lowest BCUT2D eigenvalue weighted by atomic mass is 9.87. The fourth-order valence-corrected chi connectivity index (χ4v) is 5.62. The Bertz CT molecular complexity index is 1480. The molecule has 0 spiro atoms. The summed E-state index contributed by atoms with van der Waals surface area (Å²) >= 11 is 0. The highest BCUT2D eigenvalue weighted by molar-refractivity contribution is 7.92. The molecule has 1 N–H and O–H groups in total. The smallest absolute Gasteiger partial charge is 0.264 e. The zero-order chi connectivity index (χ0) is 27.9. The lowest BCUT2D eigenvalue weighted by Crippen LogP contribution is -2.34. The molecule has 0 aromatic heterocycles. The molecule has 0 atom stereocenters. The Morgan fingerprint density at radius 2 is 1.38 bits per heavy atom. The summed E-state index contributed by atoms with van der Waals surface area (Å²) in [6.45, 7) is 7.08. The van der Waals surface area contributed by atoms with Crippen molar-refractivity contribution in [2.45, 2.75) is 37.6 Å². The van der Waals surface area contributed by atoms with Crippen LogP contribution in [-0.2, 0) is 22.0 Å². The maximum absolute atomic E-state index is 13.8. The van der Waals surface area contributed by atoms with Crippen molar-refractivity contribution in [3.63, 3.8) is 0 Å². The SMILES string of the molecule is CC(C)(C)c1ccc(OCCNC(=O)c2ccccc2N(Cc2ccccc2)S(=O)(=O)c2ccccc2)cc1. The van der Waals surface area contributed by atoms with Crippen molar-refractivity contribution in [3.8, 4) is 5.75 Å². The zero-order valence-corrected chi connectivity index (χ0v) is 23.3. The number of para-hydroxylation sites is 1. The van der Waals surface area contributed by atoms with Crippen LogP contribution in [-0.4, -0.2) is 27.5 Å². The minimum absolute atomic E-state index is 0.0578. The summed E-state index contributed by atoms with van der Waals surface area (Å²) in [5, 5.41) is 2.87. The number of ether oxygens (including phenoxy) is 1. The normalized spacial score (nSPS) is 11.6. The number of rotatable bonds is 10. The molecule has 4 aromatic carbocycles. The number of sulfonamides is 1. The molecule has 0 aliphatic heterocycles. The molecule has 0 fully saturated rings. The summed E-state index contributed by atoms with van der Waals surface area (Å²) in [7, 11) is -3.96. The number of amides is 1. The number of carbonyl (C=O) groups excluding carboxylic acids is 1. The lowest BCUT2D eigenvalue weighted by molar-refractivity contribution is 0.0947. The van der Waals surface area contributed by atoms with Crippen LogP contribution in [0.3, 0.4) is 0 Å². The van der Waals surface area contributed by atoms with Gasteiger partial charge < -0.3 is 10.1 Å². The van der Waals surface area contributed by atoms with Gasteiger partial charge in [-0.15, -0.1) is 0 Å². The van der Waals surface area contributed by atoms with Crippen molar-refractivity contribution >= 4 is 21.6 Å². The van der Waals surface area contributed by atoms with Crippen molar-refractivity contribution in [1.82, 2.24) is 5.32 Å². The van der Waals surface area contributed by atoms with E-state index in [0.29, 0.717) is 5.69 Å². The molecule has 1 amide bonds. The van der Waals surface area contributed by atoms with Crippen LogP contribution in [0.1, 0.15) is 42.3 Å². The van der Waals surface area contributed by atoms with Crippen LogP contribution in [0.15, 0.2) is 114 Å². The molecule has 6 nitrogen and oxygen atoms in total. The van der Waals surface area contributed by atoms with E-state index in [-0.39, 0.29) is 41.5 Å². The second-order valence-corrected chi connectivity index (χ2v) is 12.1.